The number of benzene rings is 1. The number of carbonyl (C=O) groups excluding carboxylic acids is 1. The first-order valence-corrected chi connectivity index (χ1v) is 7.26. The van der Waals surface area contributed by atoms with Gasteiger partial charge in [0.25, 0.3) is 0 Å². The molecule has 2 rings (SSSR count). The van der Waals surface area contributed by atoms with Gasteiger partial charge in [0.05, 0.1) is 11.7 Å². The van der Waals surface area contributed by atoms with Crippen LogP contribution < -0.4 is 11.1 Å². The molecule has 0 radical (unpaired) electrons. The van der Waals surface area contributed by atoms with Crippen molar-refractivity contribution in [3.63, 3.8) is 0 Å². The second-order valence-electron chi connectivity index (χ2n) is 5.41. The molecule has 1 aromatic carbocycles. The van der Waals surface area contributed by atoms with Gasteiger partial charge in [-0.1, -0.05) is 29.8 Å². The highest BCUT2D eigenvalue weighted by Crippen LogP contribution is 2.17. The van der Waals surface area contributed by atoms with Crippen LogP contribution in [-0.2, 0) is 11.3 Å². The number of carbonyl (C=O) groups is 1. The molecule has 2 aromatic rings. The van der Waals surface area contributed by atoms with Crippen molar-refractivity contribution in [3.05, 3.63) is 47.2 Å². The first-order valence-electron chi connectivity index (χ1n) is 7.26. The Kier molecular flexibility index (Phi) is 5.16. The van der Waals surface area contributed by atoms with E-state index in [2.05, 4.69) is 10.4 Å². The molecule has 118 valence electrons. The number of anilines is 1. The van der Waals surface area contributed by atoms with Crippen LogP contribution >= 0.6 is 0 Å². The molecule has 6 nitrogen and oxygen atoms in total. The number of aromatic nitrogens is 2. The maximum absolute atomic E-state index is 12.2. The minimum atomic E-state index is -0.226. The molecule has 0 fully saturated rings. The Morgan fingerprint density at radius 3 is 2.59 bits per heavy atom. The summed E-state index contributed by atoms with van der Waals surface area (Å²) in [7, 11) is 0. The number of aliphatic hydroxyl groups is 1. The fraction of sp³-hybridized carbons (Fsp3) is 0.375. The molecule has 22 heavy (non-hydrogen) atoms. The molecule has 1 atom stereocenters. The fourth-order valence-corrected chi connectivity index (χ4v) is 2.32. The molecule has 0 aliphatic rings. The van der Waals surface area contributed by atoms with E-state index in [0.717, 1.165) is 16.8 Å². The lowest BCUT2D eigenvalue weighted by Gasteiger charge is -2.18. The summed E-state index contributed by atoms with van der Waals surface area (Å²) < 4.78 is 1.47. The Bertz CT molecular complexity index is 634. The van der Waals surface area contributed by atoms with Gasteiger partial charge in [-0.3, -0.25) is 4.79 Å². The number of nitrogen functional groups attached to an aromatic ring is 1. The first kappa shape index (κ1) is 16.0. The van der Waals surface area contributed by atoms with Gasteiger partial charge >= 0.3 is 0 Å². The van der Waals surface area contributed by atoms with Gasteiger partial charge in [-0.05, 0) is 25.8 Å². The summed E-state index contributed by atoms with van der Waals surface area (Å²) in [5, 5.41) is 16.3. The molecule has 0 spiro atoms. The average Bonchev–Trinajstić information content (AvgIpc) is 2.77. The van der Waals surface area contributed by atoms with Gasteiger partial charge < -0.3 is 16.2 Å². The van der Waals surface area contributed by atoms with E-state index in [1.807, 2.05) is 38.1 Å². The summed E-state index contributed by atoms with van der Waals surface area (Å²) >= 11 is 0. The third kappa shape index (κ3) is 4.08. The van der Waals surface area contributed by atoms with Crippen LogP contribution in [0.25, 0.3) is 0 Å². The molecule has 0 aliphatic carbocycles. The van der Waals surface area contributed by atoms with E-state index in [0.29, 0.717) is 12.2 Å². The lowest BCUT2D eigenvalue weighted by molar-refractivity contribution is -0.122. The van der Waals surface area contributed by atoms with Crippen molar-refractivity contribution < 1.29 is 9.90 Å². The van der Waals surface area contributed by atoms with Gasteiger partial charge in [-0.25, -0.2) is 4.68 Å². The number of aliphatic hydroxyl groups excluding tert-OH is 1. The molecule has 0 saturated heterocycles. The number of rotatable bonds is 6. The second-order valence-corrected chi connectivity index (χ2v) is 5.41. The Labute approximate surface area is 129 Å². The molecule has 0 aliphatic heterocycles. The van der Waals surface area contributed by atoms with E-state index >= 15 is 0 Å². The summed E-state index contributed by atoms with van der Waals surface area (Å²) in [5.41, 5.74) is 8.68. The maximum Gasteiger partial charge on any atom is 0.242 e. The van der Waals surface area contributed by atoms with Crippen LogP contribution in [0.15, 0.2) is 30.3 Å². The molecular weight excluding hydrogens is 280 g/mol. The zero-order valence-electron chi connectivity index (χ0n) is 12.9. The number of hydrogen-bond acceptors (Lipinski definition) is 4. The second kappa shape index (κ2) is 7.09. The van der Waals surface area contributed by atoms with E-state index < -0.39 is 0 Å². The number of nitrogens with one attached hydrogen (secondary N) is 1. The Balaban J connectivity index is 2.05. The van der Waals surface area contributed by atoms with E-state index in [4.69, 9.17) is 5.73 Å². The van der Waals surface area contributed by atoms with Crippen LogP contribution in [0.4, 0.5) is 5.82 Å². The largest absolute Gasteiger partial charge is 0.396 e. The molecule has 0 bridgehead atoms. The number of hydrogen-bond donors (Lipinski definition) is 3. The van der Waals surface area contributed by atoms with Gasteiger partial charge in [0, 0.05) is 12.7 Å². The van der Waals surface area contributed by atoms with Crippen LogP contribution in [0, 0.1) is 13.8 Å². The predicted molar refractivity (Wildman–Crippen MR) is 85.1 cm³/mol. The number of nitrogens with zero attached hydrogens (tertiary/aromatic N) is 2. The van der Waals surface area contributed by atoms with Crippen molar-refractivity contribution in [3.8, 4) is 0 Å². The molecule has 0 saturated carbocycles. The van der Waals surface area contributed by atoms with Crippen LogP contribution in [0.1, 0.15) is 29.3 Å². The topological polar surface area (TPSA) is 93.2 Å². The van der Waals surface area contributed by atoms with Gasteiger partial charge in [-0.2, -0.15) is 5.10 Å². The first-order chi connectivity index (χ1) is 10.5. The van der Waals surface area contributed by atoms with Crippen molar-refractivity contribution in [2.75, 3.05) is 12.3 Å². The predicted octanol–water partition coefficient (Wildman–Crippen LogP) is 1.32. The van der Waals surface area contributed by atoms with Crippen LogP contribution in [-0.4, -0.2) is 27.4 Å². The van der Waals surface area contributed by atoms with Gasteiger partial charge in [-0.15, -0.1) is 0 Å². The molecule has 0 unspecified atom stereocenters. The molecule has 1 heterocycles. The van der Waals surface area contributed by atoms with E-state index in [1.165, 1.54) is 4.68 Å². The smallest absolute Gasteiger partial charge is 0.242 e. The lowest BCUT2D eigenvalue weighted by Crippen LogP contribution is -2.32. The molecule has 1 aromatic heterocycles. The Morgan fingerprint density at radius 1 is 1.36 bits per heavy atom. The molecule has 4 N–H and O–H groups in total. The minimum absolute atomic E-state index is 0.00183. The Morgan fingerprint density at radius 2 is 2.05 bits per heavy atom. The highest BCUT2D eigenvalue weighted by Gasteiger charge is 2.15. The van der Waals surface area contributed by atoms with Crippen molar-refractivity contribution in [1.29, 1.82) is 0 Å². The van der Waals surface area contributed by atoms with Crippen molar-refractivity contribution >= 4 is 11.7 Å². The zero-order chi connectivity index (χ0) is 16.1. The van der Waals surface area contributed by atoms with Crippen molar-refractivity contribution in [2.24, 2.45) is 0 Å². The normalized spacial score (nSPS) is 12.1. The summed E-state index contributed by atoms with van der Waals surface area (Å²) in [6.07, 6.45) is 0.461. The highest BCUT2D eigenvalue weighted by molar-refractivity contribution is 5.76. The number of nitrogens with two attached hydrogens (primary N) is 1. The Hall–Kier alpha value is -2.34. The number of amides is 1. The molecular formula is C16H22N4O2. The minimum Gasteiger partial charge on any atom is -0.396 e. The van der Waals surface area contributed by atoms with Gasteiger partial charge in [0.2, 0.25) is 5.91 Å². The van der Waals surface area contributed by atoms with Crippen molar-refractivity contribution in [1.82, 2.24) is 15.1 Å². The molecule has 6 heteroatoms. The van der Waals surface area contributed by atoms with E-state index in [1.54, 1.807) is 6.07 Å². The summed E-state index contributed by atoms with van der Waals surface area (Å²) in [6.45, 7) is 3.90. The summed E-state index contributed by atoms with van der Waals surface area (Å²) in [6, 6.07) is 9.39. The van der Waals surface area contributed by atoms with Gasteiger partial charge in [0.15, 0.2) is 0 Å². The van der Waals surface area contributed by atoms with E-state index in [-0.39, 0.29) is 25.1 Å². The van der Waals surface area contributed by atoms with Crippen LogP contribution in [0.3, 0.4) is 0 Å². The lowest BCUT2D eigenvalue weighted by atomic mass is 10.0. The SMILES string of the molecule is Cc1ccc([C@@H](CCO)NC(=O)Cn2nc(C)cc2N)cc1. The zero-order valence-corrected chi connectivity index (χ0v) is 12.9. The standard InChI is InChI=1S/C16H22N4O2/c1-11-3-5-13(6-4-11)14(7-8-21)18-16(22)10-20-15(17)9-12(2)19-20/h3-6,9,14,21H,7-8,10,17H2,1-2H3,(H,18,22)/t14-/m1/s1. The van der Waals surface area contributed by atoms with E-state index in [9.17, 15) is 9.90 Å². The number of aryl methyl sites for hydroxylation is 2. The fourth-order valence-electron chi connectivity index (χ4n) is 2.32. The summed E-state index contributed by atoms with van der Waals surface area (Å²) in [5.74, 6) is 0.274. The quantitative estimate of drug-likeness (QED) is 0.750. The van der Waals surface area contributed by atoms with Gasteiger partial charge in [0.1, 0.15) is 12.4 Å². The molecule has 1 amide bonds. The van der Waals surface area contributed by atoms with Crippen LogP contribution in [0.2, 0.25) is 0 Å². The van der Waals surface area contributed by atoms with Crippen molar-refractivity contribution in [2.45, 2.75) is 32.9 Å². The van der Waals surface area contributed by atoms with Crippen LogP contribution in [0.5, 0.6) is 0 Å². The average molecular weight is 302 g/mol. The summed E-state index contributed by atoms with van der Waals surface area (Å²) in [4.78, 5) is 12.2. The third-order valence-corrected chi connectivity index (χ3v) is 3.46. The third-order valence-electron chi connectivity index (χ3n) is 3.46. The monoisotopic (exact) mass is 302 g/mol. The highest BCUT2D eigenvalue weighted by atomic mass is 16.3. The maximum atomic E-state index is 12.2.